The molecule has 1 atom stereocenters. The quantitative estimate of drug-likeness (QED) is 0.685. The molecule has 1 unspecified atom stereocenters. The van der Waals surface area contributed by atoms with Crippen molar-refractivity contribution in [2.24, 2.45) is 5.41 Å². The second kappa shape index (κ2) is 4.90. The number of halogens is 3. The minimum absolute atomic E-state index is 0.0797. The second-order valence-corrected chi connectivity index (χ2v) is 4.83. The molecule has 21 heavy (non-hydrogen) atoms. The Kier molecular flexibility index (Phi) is 3.52. The lowest BCUT2D eigenvalue weighted by molar-refractivity contribution is -0.384. The number of hydrogen-bond donors (Lipinski definition) is 1. The van der Waals surface area contributed by atoms with Gasteiger partial charge in [0.15, 0.2) is 5.41 Å². The first-order valence-corrected chi connectivity index (χ1v) is 5.97. The number of nitrogens with zero attached hydrogens (tertiary/aromatic N) is 2. The first kappa shape index (κ1) is 15.1. The van der Waals surface area contributed by atoms with Gasteiger partial charge in [0.25, 0.3) is 5.69 Å². The van der Waals surface area contributed by atoms with Crippen LogP contribution in [0.4, 0.5) is 24.5 Å². The van der Waals surface area contributed by atoms with E-state index in [1.165, 1.54) is 29.2 Å². The van der Waals surface area contributed by atoms with Crippen LogP contribution >= 0.6 is 0 Å². The van der Waals surface area contributed by atoms with E-state index < -0.39 is 35.4 Å². The Balaban J connectivity index is 2.25. The molecule has 0 amide bonds. The molecule has 6 nitrogen and oxygen atoms in total. The fraction of sp³-hybridized carbons (Fsp3) is 0.417. The normalized spacial score (nSPS) is 22.3. The molecular weight excluding hydrogens is 293 g/mol. The van der Waals surface area contributed by atoms with Crippen molar-refractivity contribution < 1.29 is 28.0 Å². The summed E-state index contributed by atoms with van der Waals surface area (Å²) in [6.07, 6.45) is -5.41. The number of rotatable bonds is 3. The number of benzene rings is 1. The first-order chi connectivity index (χ1) is 9.67. The summed E-state index contributed by atoms with van der Waals surface area (Å²) in [5.41, 5.74) is -2.65. The average Bonchev–Trinajstić information content (AvgIpc) is 2.84. The van der Waals surface area contributed by atoms with E-state index in [0.29, 0.717) is 5.69 Å². The molecule has 0 saturated carbocycles. The summed E-state index contributed by atoms with van der Waals surface area (Å²) in [6, 6.07) is 4.96. The number of nitro benzene ring substituents is 1. The van der Waals surface area contributed by atoms with E-state index in [1.54, 1.807) is 0 Å². The molecule has 1 heterocycles. The van der Waals surface area contributed by atoms with Gasteiger partial charge in [-0.25, -0.2) is 0 Å². The van der Waals surface area contributed by atoms with Crippen molar-refractivity contribution in [1.82, 2.24) is 0 Å². The standard InChI is InChI=1S/C12H11F3N2O4/c13-12(14,15)11(10(18)19)5-6-16(7-11)8-1-3-9(4-2-8)17(20)21/h1-4H,5-7H2,(H,18,19). The predicted molar refractivity (Wildman–Crippen MR) is 66.1 cm³/mol. The topological polar surface area (TPSA) is 83.7 Å². The van der Waals surface area contributed by atoms with Crippen molar-refractivity contribution in [3.63, 3.8) is 0 Å². The van der Waals surface area contributed by atoms with Gasteiger partial charge < -0.3 is 10.0 Å². The molecule has 0 radical (unpaired) electrons. The molecule has 1 aliphatic rings. The Bertz CT molecular complexity index is 573. The predicted octanol–water partition coefficient (Wildman–Crippen LogP) is 2.44. The van der Waals surface area contributed by atoms with E-state index in [2.05, 4.69) is 0 Å². The van der Waals surface area contributed by atoms with Crippen LogP contribution in [0.25, 0.3) is 0 Å². The van der Waals surface area contributed by atoms with Crippen molar-refractivity contribution >= 4 is 17.3 Å². The number of non-ortho nitro benzene ring substituents is 1. The Labute approximate surface area is 116 Å². The Morgan fingerprint density at radius 2 is 1.90 bits per heavy atom. The lowest BCUT2D eigenvalue weighted by Crippen LogP contribution is -2.47. The summed E-state index contributed by atoms with van der Waals surface area (Å²) in [6.45, 7) is -0.784. The second-order valence-electron chi connectivity index (χ2n) is 4.83. The summed E-state index contributed by atoms with van der Waals surface area (Å²) in [5, 5.41) is 19.5. The number of alkyl halides is 3. The van der Waals surface area contributed by atoms with Crippen LogP contribution in [0.3, 0.4) is 0 Å². The maximum Gasteiger partial charge on any atom is 0.406 e. The molecule has 0 spiro atoms. The Morgan fingerprint density at radius 3 is 2.29 bits per heavy atom. The summed E-state index contributed by atoms with van der Waals surface area (Å²) >= 11 is 0. The first-order valence-electron chi connectivity index (χ1n) is 5.97. The fourth-order valence-electron chi connectivity index (χ4n) is 2.34. The number of anilines is 1. The van der Waals surface area contributed by atoms with Crippen LogP contribution in [-0.4, -0.2) is 35.3 Å². The maximum atomic E-state index is 13.0. The van der Waals surface area contributed by atoms with Crippen LogP contribution in [0, 0.1) is 15.5 Å². The van der Waals surface area contributed by atoms with Gasteiger partial charge in [0.05, 0.1) is 4.92 Å². The molecule has 1 fully saturated rings. The smallest absolute Gasteiger partial charge is 0.406 e. The third-order valence-electron chi connectivity index (χ3n) is 3.65. The number of nitro groups is 1. The zero-order valence-corrected chi connectivity index (χ0v) is 10.6. The van der Waals surface area contributed by atoms with Crippen LogP contribution in [0.5, 0.6) is 0 Å². The van der Waals surface area contributed by atoms with E-state index in [4.69, 9.17) is 5.11 Å². The molecule has 1 N–H and O–H groups in total. The molecule has 9 heteroatoms. The lowest BCUT2D eigenvalue weighted by atomic mass is 9.86. The number of carbonyl (C=O) groups is 1. The summed E-state index contributed by atoms with van der Waals surface area (Å²) in [4.78, 5) is 22.2. The molecular formula is C12H11F3N2O4. The Morgan fingerprint density at radius 1 is 1.33 bits per heavy atom. The van der Waals surface area contributed by atoms with Gasteiger partial charge in [0.1, 0.15) is 0 Å². The molecule has 1 aromatic rings. The minimum atomic E-state index is -4.85. The van der Waals surface area contributed by atoms with E-state index >= 15 is 0 Å². The van der Waals surface area contributed by atoms with Gasteiger partial charge in [-0.1, -0.05) is 0 Å². The van der Waals surface area contributed by atoms with Gasteiger partial charge >= 0.3 is 12.1 Å². The van der Waals surface area contributed by atoms with Crippen molar-refractivity contribution in [2.45, 2.75) is 12.6 Å². The van der Waals surface area contributed by atoms with Gasteiger partial charge in [-0.3, -0.25) is 14.9 Å². The van der Waals surface area contributed by atoms with Crippen LogP contribution in [0.2, 0.25) is 0 Å². The van der Waals surface area contributed by atoms with Gasteiger partial charge in [0, 0.05) is 30.9 Å². The van der Waals surface area contributed by atoms with E-state index in [-0.39, 0.29) is 12.2 Å². The molecule has 1 saturated heterocycles. The fourth-order valence-corrected chi connectivity index (χ4v) is 2.34. The molecule has 0 bridgehead atoms. The number of hydrogen-bond acceptors (Lipinski definition) is 4. The molecule has 2 rings (SSSR count). The minimum Gasteiger partial charge on any atom is -0.481 e. The van der Waals surface area contributed by atoms with E-state index in [0.717, 1.165) is 0 Å². The highest BCUT2D eigenvalue weighted by Crippen LogP contribution is 2.46. The van der Waals surface area contributed by atoms with E-state index in [9.17, 15) is 28.1 Å². The van der Waals surface area contributed by atoms with Crippen LogP contribution in [0.1, 0.15) is 6.42 Å². The number of carboxylic acids is 1. The van der Waals surface area contributed by atoms with Crippen molar-refractivity contribution in [2.75, 3.05) is 18.0 Å². The largest absolute Gasteiger partial charge is 0.481 e. The zero-order valence-electron chi connectivity index (χ0n) is 10.6. The monoisotopic (exact) mass is 304 g/mol. The zero-order chi connectivity index (χ0) is 15.8. The SMILES string of the molecule is O=C(O)C1(C(F)(F)F)CCN(c2ccc([N+](=O)[O-])cc2)C1. The van der Waals surface area contributed by atoms with Gasteiger partial charge in [-0.2, -0.15) is 13.2 Å². The van der Waals surface area contributed by atoms with Crippen LogP contribution in [-0.2, 0) is 4.79 Å². The highest BCUT2D eigenvalue weighted by atomic mass is 19.4. The Hall–Kier alpha value is -2.32. The molecule has 1 aromatic carbocycles. The lowest BCUT2D eigenvalue weighted by Gasteiger charge is -2.27. The average molecular weight is 304 g/mol. The van der Waals surface area contributed by atoms with E-state index in [1.807, 2.05) is 0 Å². The van der Waals surface area contributed by atoms with Crippen LogP contribution < -0.4 is 4.90 Å². The molecule has 0 aromatic heterocycles. The van der Waals surface area contributed by atoms with Crippen molar-refractivity contribution in [1.29, 1.82) is 0 Å². The number of carboxylic acid groups (broad SMARTS) is 1. The van der Waals surface area contributed by atoms with Crippen molar-refractivity contribution in [3.8, 4) is 0 Å². The molecule has 114 valence electrons. The summed E-state index contributed by atoms with van der Waals surface area (Å²) in [7, 11) is 0. The van der Waals surface area contributed by atoms with Gasteiger partial charge in [-0.05, 0) is 18.6 Å². The van der Waals surface area contributed by atoms with Crippen molar-refractivity contribution in [3.05, 3.63) is 34.4 Å². The third-order valence-corrected chi connectivity index (χ3v) is 3.65. The van der Waals surface area contributed by atoms with Gasteiger partial charge in [-0.15, -0.1) is 0 Å². The summed E-state index contributed by atoms with van der Waals surface area (Å²) in [5.74, 6) is -1.90. The highest BCUT2D eigenvalue weighted by molar-refractivity contribution is 5.78. The molecule has 1 aliphatic heterocycles. The third kappa shape index (κ3) is 2.50. The number of aliphatic carboxylic acids is 1. The maximum absolute atomic E-state index is 13.0. The highest BCUT2D eigenvalue weighted by Gasteiger charge is 2.63. The van der Waals surface area contributed by atoms with Gasteiger partial charge in [0.2, 0.25) is 0 Å². The van der Waals surface area contributed by atoms with Crippen LogP contribution in [0.15, 0.2) is 24.3 Å². The summed E-state index contributed by atoms with van der Waals surface area (Å²) < 4.78 is 39.1. The molecule has 0 aliphatic carbocycles.